The Morgan fingerprint density at radius 3 is 2.15 bits per heavy atom. The molecule has 0 heterocycles. The van der Waals surface area contributed by atoms with Crippen LogP contribution in [0.15, 0.2) is 42.5 Å². The van der Waals surface area contributed by atoms with E-state index in [1.807, 2.05) is 0 Å². The van der Waals surface area contributed by atoms with Crippen molar-refractivity contribution in [2.24, 2.45) is 0 Å². The average molecular weight is 400 g/mol. The topological polar surface area (TPSA) is 70.2 Å². The molecule has 144 valence electrons. The van der Waals surface area contributed by atoms with Crippen molar-refractivity contribution >= 4 is 40.5 Å². The molecule has 2 aromatic carbocycles. The van der Waals surface area contributed by atoms with Gasteiger partial charge in [-0.05, 0) is 49.4 Å². The summed E-state index contributed by atoms with van der Waals surface area (Å²) in [6.07, 6.45) is -4.65. The quantitative estimate of drug-likeness (QED) is 0.679. The van der Waals surface area contributed by atoms with E-state index >= 15 is 0 Å². The standard InChI is InChI=1S/C18H17ClF3N3O2/c1-10(23-13-4-6-14(7-5-13)24-11(2)26)17(27)25-16-8-3-12(19)9-15(16)18(20,21)22/h3-10,23H,1-2H3,(H,24,26)(H,25,27). The maximum absolute atomic E-state index is 13.1. The third-order valence-electron chi connectivity index (χ3n) is 3.53. The molecular weight excluding hydrogens is 383 g/mol. The zero-order chi connectivity index (χ0) is 20.2. The molecule has 0 aliphatic rings. The number of halogens is 4. The number of hydrogen-bond donors (Lipinski definition) is 3. The van der Waals surface area contributed by atoms with Gasteiger partial charge in [0.05, 0.1) is 11.3 Å². The Hall–Kier alpha value is -2.74. The summed E-state index contributed by atoms with van der Waals surface area (Å²) in [5, 5.41) is 7.67. The minimum atomic E-state index is -4.65. The lowest BCUT2D eigenvalue weighted by atomic mass is 10.1. The van der Waals surface area contributed by atoms with E-state index in [1.54, 1.807) is 24.3 Å². The van der Waals surface area contributed by atoms with Gasteiger partial charge < -0.3 is 16.0 Å². The van der Waals surface area contributed by atoms with Crippen LogP contribution in [0.2, 0.25) is 5.02 Å². The number of carbonyl (C=O) groups is 2. The zero-order valence-corrected chi connectivity index (χ0v) is 15.2. The highest BCUT2D eigenvalue weighted by molar-refractivity contribution is 6.30. The molecule has 2 amide bonds. The molecule has 0 saturated carbocycles. The van der Waals surface area contributed by atoms with Gasteiger partial charge in [-0.2, -0.15) is 13.2 Å². The van der Waals surface area contributed by atoms with Crippen LogP contribution in [0.3, 0.4) is 0 Å². The van der Waals surface area contributed by atoms with Gasteiger partial charge in [0, 0.05) is 23.3 Å². The molecule has 5 nitrogen and oxygen atoms in total. The Morgan fingerprint density at radius 1 is 1.00 bits per heavy atom. The van der Waals surface area contributed by atoms with Crippen LogP contribution >= 0.6 is 11.6 Å². The SMILES string of the molecule is CC(=O)Nc1ccc(NC(C)C(=O)Nc2ccc(Cl)cc2C(F)(F)F)cc1. The van der Waals surface area contributed by atoms with Crippen LogP contribution in [-0.4, -0.2) is 17.9 Å². The van der Waals surface area contributed by atoms with Gasteiger partial charge in [0.25, 0.3) is 0 Å². The van der Waals surface area contributed by atoms with Crippen molar-refractivity contribution < 1.29 is 22.8 Å². The number of alkyl halides is 3. The van der Waals surface area contributed by atoms with Crippen molar-refractivity contribution in [2.75, 3.05) is 16.0 Å². The summed E-state index contributed by atoms with van der Waals surface area (Å²) in [5.41, 5.74) is -0.234. The lowest BCUT2D eigenvalue weighted by Crippen LogP contribution is -2.32. The molecule has 0 aromatic heterocycles. The molecule has 0 aliphatic heterocycles. The fraction of sp³-hybridized carbons (Fsp3) is 0.222. The van der Waals surface area contributed by atoms with Crippen LogP contribution in [0.5, 0.6) is 0 Å². The van der Waals surface area contributed by atoms with Crippen molar-refractivity contribution in [3.8, 4) is 0 Å². The van der Waals surface area contributed by atoms with Gasteiger partial charge in [-0.1, -0.05) is 11.6 Å². The van der Waals surface area contributed by atoms with Crippen LogP contribution in [-0.2, 0) is 15.8 Å². The first-order valence-corrected chi connectivity index (χ1v) is 8.26. The van der Waals surface area contributed by atoms with Gasteiger partial charge in [0.15, 0.2) is 0 Å². The van der Waals surface area contributed by atoms with E-state index in [1.165, 1.54) is 19.9 Å². The van der Waals surface area contributed by atoms with Crippen LogP contribution in [0, 0.1) is 0 Å². The third-order valence-corrected chi connectivity index (χ3v) is 3.76. The first-order valence-electron chi connectivity index (χ1n) is 7.88. The summed E-state index contributed by atoms with van der Waals surface area (Å²) >= 11 is 5.62. The monoisotopic (exact) mass is 399 g/mol. The summed E-state index contributed by atoms with van der Waals surface area (Å²) in [6.45, 7) is 2.89. The van der Waals surface area contributed by atoms with E-state index in [2.05, 4.69) is 16.0 Å². The van der Waals surface area contributed by atoms with Gasteiger partial charge in [-0.15, -0.1) is 0 Å². The van der Waals surface area contributed by atoms with Gasteiger partial charge in [0.1, 0.15) is 6.04 Å². The highest BCUT2D eigenvalue weighted by atomic mass is 35.5. The number of benzene rings is 2. The third kappa shape index (κ3) is 5.89. The zero-order valence-electron chi connectivity index (χ0n) is 14.4. The number of amides is 2. The molecule has 2 aromatic rings. The van der Waals surface area contributed by atoms with Crippen molar-refractivity contribution in [3.05, 3.63) is 53.1 Å². The lowest BCUT2D eigenvalue weighted by molar-refractivity contribution is -0.137. The highest BCUT2D eigenvalue weighted by Crippen LogP contribution is 2.36. The number of nitrogens with one attached hydrogen (secondary N) is 3. The molecular formula is C18H17ClF3N3O2. The number of rotatable bonds is 5. The largest absolute Gasteiger partial charge is 0.418 e. The van der Waals surface area contributed by atoms with Crippen LogP contribution in [0.1, 0.15) is 19.4 Å². The number of hydrogen-bond acceptors (Lipinski definition) is 3. The summed E-state index contributed by atoms with van der Waals surface area (Å²) < 4.78 is 39.3. The normalized spacial score (nSPS) is 12.2. The molecule has 0 fully saturated rings. The Kier molecular flexibility index (Phi) is 6.32. The van der Waals surface area contributed by atoms with Crippen molar-refractivity contribution in [3.63, 3.8) is 0 Å². The predicted octanol–water partition coefficient (Wildman–Crippen LogP) is 4.76. The van der Waals surface area contributed by atoms with E-state index in [0.29, 0.717) is 11.4 Å². The molecule has 0 spiro atoms. The van der Waals surface area contributed by atoms with Gasteiger partial charge in [0.2, 0.25) is 11.8 Å². The molecule has 3 N–H and O–H groups in total. The second kappa shape index (κ2) is 8.30. The van der Waals surface area contributed by atoms with Crippen LogP contribution < -0.4 is 16.0 Å². The summed E-state index contributed by atoms with van der Waals surface area (Å²) in [5.74, 6) is -0.861. The molecule has 0 bridgehead atoms. The van der Waals surface area contributed by atoms with Crippen molar-refractivity contribution in [1.29, 1.82) is 0 Å². The minimum Gasteiger partial charge on any atom is -0.374 e. The molecule has 27 heavy (non-hydrogen) atoms. The highest BCUT2D eigenvalue weighted by Gasteiger charge is 2.34. The van der Waals surface area contributed by atoms with E-state index < -0.39 is 23.7 Å². The Morgan fingerprint density at radius 2 is 1.59 bits per heavy atom. The van der Waals surface area contributed by atoms with E-state index in [4.69, 9.17) is 11.6 Å². The fourth-order valence-corrected chi connectivity index (χ4v) is 2.44. The molecule has 9 heteroatoms. The Balaban J connectivity index is 2.07. The van der Waals surface area contributed by atoms with E-state index in [0.717, 1.165) is 12.1 Å². The molecule has 0 radical (unpaired) electrons. The molecule has 1 atom stereocenters. The minimum absolute atomic E-state index is 0.0780. The second-order valence-electron chi connectivity index (χ2n) is 5.80. The first kappa shape index (κ1) is 20.6. The lowest BCUT2D eigenvalue weighted by Gasteiger charge is -2.18. The van der Waals surface area contributed by atoms with E-state index in [-0.39, 0.29) is 16.6 Å². The Labute approximate surface area is 158 Å². The first-order chi connectivity index (χ1) is 12.6. The molecule has 2 rings (SSSR count). The van der Waals surface area contributed by atoms with Gasteiger partial charge >= 0.3 is 6.18 Å². The van der Waals surface area contributed by atoms with E-state index in [9.17, 15) is 22.8 Å². The smallest absolute Gasteiger partial charge is 0.374 e. The predicted molar refractivity (Wildman–Crippen MR) is 98.9 cm³/mol. The molecule has 1 unspecified atom stereocenters. The summed E-state index contributed by atoms with van der Waals surface area (Å²) in [4.78, 5) is 23.3. The van der Waals surface area contributed by atoms with Crippen LogP contribution in [0.4, 0.5) is 30.2 Å². The number of anilines is 3. The van der Waals surface area contributed by atoms with Gasteiger partial charge in [-0.25, -0.2) is 0 Å². The summed E-state index contributed by atoms with van der Waals surface area (Å²) in [7, 11) is 0. The van der Waals surface area contributed by atoms with Crippen molar-refractivity contribution in [1.82, 2.24) is 0 Å². The maximum atomic E-state index is 13.1. The van der Waals surface area contributed by atoms with Crippen LogP contribution in [0.25, 0.3) is 0 Å². The maximum Gasteiger partial charge on any atom is 0.418 e. The number of carbonyl (C=O) groups excluding carboxylic acids is 2. The summed E-state index contributed by atoms with van der Waals surface area (Å²) in [6, 6.07) is 8.87. The second-order valence-corrected chi connectivity index (χ2v) is 6.24. The average Bonchev–Trinajstić information content (AvgIpc) is 2.56. The molecule has 0 saturated heterocycles. The Bertz CT molecular complexity index is 839. The van der Waals surface area contributed by atoms with Gasteiger partial charge in [-0.3, -0.25) is 9.59 Å². The van der Waals surface area contributed by atoms with Crippen molar-refractivity contribution in [2.45, 2.75) is 26.1 Å². The fourth-order valence-electron chi connectivity index (χ4n) is 2.27. The molecule has 0 aliphatic carbocycles.